The summed E-state index contributed by atoms with van der Waals surface area (Å²) in [4.78, 5) is 11.9. The monoisotopic (exact) mass is 234 g/mol. The number of Topliss-reactive ketones (excluding diaryl/α,β-unsaturated/α-hetero) is 1. The van der Waals surface area contributed by atoms with Crippen molar-refractivity contribution in [3.05, 3.63) is 29.3 Å². The lowest BCUT2D eigenvalue weighted by Gasteiger charge is -2.04. The minimum atomic E-state index is 0.149. The van der Waals surface area contributed by atoms with Crippen molar-refractivity contribution in [2.45, 2.75) is 26.2 Å². The number of hydrogen-bond acceptors (Lipinski definition) is 3. The van der Waals surface area contributed by atoms with E-state index in [2.05, 4.69) is 6.92 Å². The molecule has 0 saturated heterocycles. The Morgan fingerprint density at radius 2 is 2.29 bits per heavy atom. The molecule has 1 aliphatic rings. The SMILES string of the molecule is CCCOCCC(=O)c1ccc2c(c1)CCO2. The molecule has 0 saturated carbocycles. The first kappa shape index (κ1) is 12.1. The van der Waals surface area contributed by atoms with Gasteiger partial charge < -0.3 is 9.47 Å². The van der Waals surface area contributed by atoms with E-state index in [1.807, 2.05) is 18.2 Å². The Hall–Kier alpha value is -1.35. The van der Waals surface area contributed by atoms with Gasteiger partial charge in [0, 0.05) is 25.0 Å². The highest BCUT2D eigenvalue weighted by molar-refractivity contribution is 5.96. The molecule has 0 unspecified atom stereocenters. The molecule has 0 aromatic heterocycles. The third-order valence-electron chi connectivity index (χ3n) is 2.83. The van der Waals surface area contributed by atoms with Gasteiger partial charge in [-0.25, -0.2) is 0 Å². The number of benzene rings is 1. The van der Waals surface area contributed by atoms with Crippen molar-refractivity contribution < 1.29 is 14.3 Å². The van der Waals surface area contributed by atoms with Crippen LogP contribution in [0.25, 0.3) is 0 Å². The lowest BCUT2D eigenvalue weighted by molar-refractivity contribution is 0.0879. The molecular weight excluding hydrogens is 216 g/mol. The first-order valence-corrected chi connectivity index (χ1v) is 6.18. The number of hydrogen-bond donors (Lipinski definition) is 0. The van der Waals surface area contributed by atoms with Crippen LogP contribution in [-0.4, -0.2) is 25.6 Å². The zero-order chi connectivity index (χ0) is 12.1. The molecule has 0 fully saturated rings. The van der Waals surface area contributed by atoms with Crippen LogP contribution in [-0.2, 0) is 11.2 Å². The minimum Gasteiger partial charge on any atom is -0.493 e. The van der Waals surface area contributed by atoms with E-state index in [0.29, 0.717) is 13.0 Å². The van der Waals surface area contributed by atoms with E-state index >= 15 is 0 Å². The van der Waals surface area contributed by atoms with Crippen molar-refractivity contribution in [1.29, 1.82) is 0 Å². The van der Waals surface area contributed by atoms with Crippen molar-refractivity contribution in [3.8, 4) is 5.75 Å². The van der Waals surface area contributed by atoms with Crippen molar-refractivity contribution in [2.75, 3.05) is 19.8 Å². The zero-order valence-corrected chi connectivity index (χ0v) is 10.2. The van der Waals surface area contributed by atoms with Gasteiger partial charge in [0.25, 0.3) is 0 Å². The molecule has 92 valence electrons. The average Bonchev–Trinajstić information content (AvgIpc) is 2.81. The van der Waals surface area contributed by atoms with Gasteiger partial charge in [-0.2, -0.15) is 0 Å². The van der Waals surface area contributed by atoms with Gasteiger partial charge in [-0.15, -0.1) is 0 Å². The highest BCUT2D eigenvalue weighted by Gasteiger charge is 2.14. The van der Waals surface area contributed by atoms with E-state index in [1.54, 1.807) is 0 Å². The van der Waals surface area contributed by atoms with E-state index in [9.17, 15) is 4.79 Å². The largest absolute Gasteiger partial charge is 0.493 e. The molecule has 0 aliphatic carbocycles. The second-order valence-corrected chi connectivity index (χ2v) is 4.21. The molecule has 2 rings (SSSR count). The maximum Gasteiger partial charge on any atom is 0.165 e. The van der Waals surface area contributed by atoms with Crippen LogP contribution in [0.3, 0.4) is 0 Å². The molecule has 0 N–H and O–H groups in total. The molecule has 3 heteroatoms. The van der Waals surface area contributed by atoms with Gasteiger partial charge in [-0.3, -0.25) is 4.79 Å². The summed E-state index contributed by atoms with van der Waals surface area (Å²) in [7, 11) is 0. The predicted octanol–water partition coefficient (Wildman–Crippen LogP) is 2.62. The van der Waals surface area contributed by atoms with Crippen LogP contribution in [0.15, 0.2) is 18.2 Å². The van der Waals surface area contributed by atoms with Gasteiger partial charge in [-0.1, -0.05) is 6.92 Å². The first-order chi connectivity index (χ1) is 8.31. The molecule has 0 bridgehead atoms. The third kappa shape index (κ3) is 3.07. The Morgan fingerprint density at radius 3 is 3.12 bits per heavy atom. The maximum absolute atomic E-state index is 11.9. The highest BCUT2D eigenvalue weighted by Crippen LogP contribution is 2.26. The Morgan fingerprint density at radius 1 is 1.41 bits per heavy atom. The fraction of sp³-hybridized carbons (Fsp3) is 0.500. The van der Waals surface area contributed by atoms with Crippen LogP contribution in [0.4, 0.5) is 0 Å². The highest BCUT2D eigenvalue weighted by atomic mass is 16.5. The van der Waals surface area contributed by atoms with Gasteiger partial charge in [0.2, 0.25) is 0 Å². The lowest BCUT2D eigenvalue weighted by Crippen LogP contribution is -2.05. The summed E-state index contributed by atoms with van der Waals surface area (Å²) in [5.41, 5.74) is 1.92. The van der Waals surface area contributed by atoms with E-state index in [1.165, 1.54) is 0 Å². The number of carbonyl (C=O) groups is 1. The van der Waals surface area contributed by atoms with Crippen LogP contribution in [0.2, 0.25) is 0 Å². The summed E-state index contributed by atoms with van der Waals surface area (Å²) in [6, 6.07) is 5.68. The van der Waals surface area contributed by atoms with Crippen LogP contribution in [0, 0.1) is 0 Å². The number of carbonyl (C=O) groups excluding carboxylic acids is 1. The Labute approximate surface area is 102 Å². The topological polar surface area (TPSA) is 35.5 Å². The summed E-state index contributed by atoms with van der Waals surface area (Å²) in [5.74, 6) is 1.07. The third-order valence-corrected chi connectivity index (χ3v) is 2.83. The smallest absolute Gasteiger partial charge is 0.165 e. The molecule has 17 heavy (non-hydrogen) atoms. The molecule has 1 aromatic rings. The number of rotatable bonds is 6. The Balaban J connectivity index is 1.91. The van der Waals surface area contributed by atoms with Gasteiger partial charge in [0.15, 0.2) is 5.78 Å². The average molecular weight is 234 g/mol. The molecule has 1 aliphatic heterocycles. The van der Waals surface area contributed by atoms with Crippen LogP contribution in [0.5, 0.6) is 5.75 Å². The molecule has 1 heterocycles. The van der Waals surface area contributed by atoms with Crippen LogP contribution in [0.1, 0.15) is 35.7 Å². The predicted molar refractivity (Wildman–Crippen MR) is 65.7 cm³/mol. The van der Waals surface area contributed by atoms with Gasteiger partial charge in [0.1, 0.15) is 5.75 Å². The number of fused-ring (bicyclic) bond motifs is 1. The first-order valence-electron chi connectivity index (χ1n) is 6.18. The summed E-state index contributed by atoms with van der Waals surface area (Å²) >= 11 is 0. The molecule has 1 aromatic carbocycles. The van der Waals surface area contributed by atoms with Gasteiger partial charge in [-0.05, 0) is 30.2 Å². The fourth-order valence-corrected chi connectivity index (χ4v) is 1.92. The second-order valence-electron chi connectivity index (χ2n) is 4.21. The summed E-state index contributed by atoms with van der Waals surface area (Å²) in [6.45, 7) is 4.03. The molecule has 3 nitrogen and oxygen atoms in total. The maximum atomic E-state index is 11.9. The van der Waals surface area contributed by atoms with Gasteiger partial charge in [0.05, 0.1) is 13.2 Å². The standard InChI is InChI=1S/C14H18O3/c1-2-7-16-8-6-13(15)11-3-4-14-12(10-11)5-9-17-14/h3-4,10H,2,5-9H2,1H3. The molecular formula is C14H18O3. The summed E-state index contributed by atoms with van der Waals surface area (Å²) in [6.07, 6.45) is 2.35. The summed E-state index contributed by atoms with van der Waals surface area (Å²) < 4.78 is 10.7. The molecule has 0 radical (unpaired) electrons. The quantitative estimate of drug-likeness (QED) is 0.560. The summed E-state index contributed by atoms with van der Waals surface area (Å²) in [5, 5.41) is 0. The molecule has 0 spiro atoms. The normalized spacial score (nSPS) is 13.2. The van der Waals surface area contributed by atoms with E-state index in [-0.39, 0.29) is 5.78 Å². The second kappa shape index (κ2) is 5.82. The Bertz CT molecular complexity index is 398. The fourth-order valence-electron chi connectivity index (χ4n) is 1.92. The van der Waals surface area contributed by atoms with Crippen LogP contribution >= 0.6 is 0 Å². The number of ketones is 1. The van der Waals surface area contributed by atoms with E-state index in [0.717, 1.165) is 42.9 Å². The van der Waals surface area contributed by atoms with E-state index < -0.39 is 0 Å². The Kier molecular flexibility index (Phi) is 4.15. The molecule has 0 atom stereocenters. The van der Waals surface area contributed by atoms with E-state index in [4.69, 9.17) is 9.47 Å². The molecule has 0 amide bonds. The van der Waals surface area contributed by atoms with Crippen molar-refractivity contribution >= 4 is 5.78 Å². The van der Waals surface area contributed by atoms with Crippen molar-refractivity contribution in [1.82, 2.24) is 0 Å². The minimum absolute atomic E-state index is 0.149. The van der Waals surface area contributed by atoms with Crippen molar-refractivity contribution in [2.24, 2.45) is 0 Å². The number of ether oxygens (including phenoxy) is 2. The zero-order valence-electron chi connectivity index (χ0n) is 10.2. The van der Waals surface area contributed by atoms with Gasteiger partial charge >= 0.3 is 0 Å². The lowest BCUT2D eigenvalue weighted by atomic mass is 10.0. The van der Waals surface area contributed by atoms with Crippen molar-refractivity contribution in [3.63, 3.8) is 0 Å². The van der Waals surface area contributed by atoms with Crippen LogP contribution < -0.4 is 4.74 Å².